The lowest BCUT2D eigenvalue weighted by atomic mass is 9.93. The van der Waals surface area contributed by atoms with Crippen molar-refractivity contribution >= 4 is 5.91 Å². The molecule has 0 spiro atoms. The summed E-state index contributed by atoms with van der Waals surface area (Å²) in [5, 5.41) is 3.24. The summed E-state index contributed by atoms with van der Waals surface area (Å²) in [5.41, 5.74) is 1.08. The van der Waals surface area contributed by atoms with Crippen LogP contribution in [0.4, 0.5) is 0 Å². The number of methoxy groups -OCH3 is 2. The van der Waals surface area contributed by atoms with Crippen LogP contribution in [0.25, 0.3) is 0 Å². The highest BCUT2D eigenvalue weighted by Gasteiger charge is 2.33. The highest BCUT2D eigenvalue weighted by molar-refractivity contribution is 5.79. The number of nitrogens with zero attached hydrogens (tertiary/aromatic N) is 2. The van der Waals surface area contributed by atoms with E-state index in [-0.39, 0.29) is 11.9 Å². The molecule has 1 aromatic rings. The van der Waals surface area contributed by atoms with Crippen LogP contribution < -0.4 is 14.8 Å². The number of rotatable bonds is 8. The molecule has 2 aliphatic heterocycles. The molecule has 1 atom stereocenters. The first-order valence-corrected chi connectivity index (χ1v) is 10.5. The standard InChI is InChI=1S/C22H35N3O3/c1-23-11-8-17-9-13-24(14-10-17)16-22(26)25-12-4-5-20(25)19-7-6-18(27-2)15-21(19)28-3/h6-7,15,17,20,23H,4-5,8-14,16H2,1-3H3. The average molecular weight is 390 g/mol. The van der Waals surface area contributed by atoms with Crippen LogP contribution in [0.2, 0.25) is 0 Å². The van der Waals surface area contributed by atoms with Crippen molar-refractivity contribution in [1.29, 1.82) is 0 Å². The quantitative estimate of drug-likeness (QED) is 0.741. The van der Waals surface area contributed by atoms with Crippen molar-refractivity contribution in [2.24, 2.45) is 5.92 Å². The lowest BCUT2D eigenvalue weighted by Crippen LogP contribution is -2.43. The van der Waals surface area contributed by atoms with Gasteiger partial charge in [-0.05, 0) is 76.8 Å². The highest BCUT2D eigenvalue weighted by Crippen LogP contribution is 2.38. The topological polar surface area (TPSA) is 54.0 Å². The van der Waals surface area contributed by atoms with Gasteiger partial charge < -0.3 is 19.7 Å². The minimum atomic E-state index is 0.0986. The number of likely N-dealkylation sites (tertiary alicyclic amines) is 2. The van der Waals surface area contributed by atoms with Crippen molar-refractivity contribution in [3.8, 4) is 11.5 Å². The minimum Gasteiger partial charge on any atom is -0.497 e. The number of hydrogen-bond donors (Lipinski definition) is 1. The van der Waals surface area contributed by atoms with E-state index in [1.54, 1.807) is 14.2 Å². The van der Waals surface area contributed by atoms with Gasteiger partial charge >= 0.3 is 0 Å². The molecule has 6 heteroatoms. The van der Waals surface area contributed by atoms with E-state index in [1.165, 1.54) is 19.3 Å². The van der Waals surface area contributed by atoms with Crippen LogP contribution in [-0.2, 0) is 4.79 Å². The number of benzene rings is 1. The normalized spacial score (nSPS) is 21.1. The van der Waals surface area contributed by atoms with Crippen molar-refractivity contribution in [2.75, 3.05) is 54.0 Å². The molecule has 1 aromatic carbocycles. The fraction of sp³-hybridized carbons (Fsp3) is 0.682. The van der Waals surface area contributed by atoms with E-state index in [0.29, 0.717) is 6.54 Å². The van der Waals surface area contributed by atoms with Gasteiger partial charge in [-0.3, -0.25) is 9.69 Å². The summed E-state index contributed by atoms with van der Waals surface area (Å²) in [4.78, 5) is 17.5. The highest BCUT2D eigenvalue weighted by atomic mass is 16.5. The molecule has 0 aromatic heterocycles. The van der Waals surface area contributed by atoms with E-state index in [1.807, 2.05) is 25.2 Å². The first-order chi connectivity index (χ1) is 13.7. The summed E-state index contributed by atoms with van der Waals surface area (Å²) < 4.78 is 10.9. The predicted molar refractivity (Wildman–Crippen MR) is 111 cm³/mol. The fourth-order valence-corrected chi connectivity index (χ4v) is 4.55. The van der Waals surface area contributed by atoms with Gasteiger partial charge in [0.1, 0.15) is 11.5 Å². The van der Waals surface area contributed by atoms with E-state index in [4.69, 9.17) is 9.47 Å². The zero-order chi connectivity index (χ0) is 19.9. The van der Waals surface area contributed by atoms with Crippen LogP contribution >= 0.6 is 0 Å². The van der Waals surface area contributed by atoms with E-state index in [9.17, 15) is 4.79 Å². The summed E-state index contributed by atoms with van der Waals surface area (Å²) in [6, 6.07) is 6.00. The Balaban J connectivity index is 1.60. The predicted octanol–water partition coefficient (Wildman–Crippen LogP) is 2.69. The Labute approximate surface area is 169 Å². The molecule has 1 N–H and O–H groups in total. The second kappa shape index (κ2) is 10.1. The molecule has 2 heterocycles. The number of carbonyl (C=O) groups excluding carboxylic acids is 1. The number of carbonyl (C=O) groups is 1. The van der Waals surface area contributed by atoms with E-state index in [0.717, 1.165) is 62.0 Å². The Morgan fingerprint density at radius 2 is 1.93 bits per heavy atom. The average Bonchev–Trinajstić information content (AvgIpc) is 3.22. The number of piperidine rings is 1. The zero-order valence-electron chi connectivity index (χ0n) is 17.6. The Bertz CT molecular complexity index is 644. The Kier molecular flexibility index (Phi) is 7.57. The number of ether oxygens (including phenoxy) is 2. The SMILES string of the molecule is CNCCC1CCN(CC(=O)N2CCCC2c2ccc(OC)cc2OC)CC1. The molecule has 1 unspecified atom stereocenters. The molecule has 0 aliphatic carbocycles. The molecule has 0 saturated carbocycles. The number of amides is 1. The number of hydrogen-bond acceptors (Lipinski definition) is 5. The molecule has 2 saturated heterocycles. The molecule has 2 fully saturated rings. The summed E-state index contributed by atoms with van der Waals surface area (Å²) >= 11 is 0. The molecule has 0 bridgehead atoms. The number of nitrogens with one attached hydrogen (secondary N) is 1. The molecule has 156 valence electrons. The van der Waals surface area contributed by atoms with Gasteiger partial charge in [0.05, 0.1) is 26.8 Å². The smallest absolute Gasteiger partial charge is 0.237 e. The van der Waals surface area contributed by atoms with Crippen LogP contribution in [0.3, 0.4) is 0 Å². The second-order valence-electron chi connectivity index (χ2n) is 7.96. The van der Waals surface area contributed by atoms with Crippen molar-refractivity contribution in [3.05, 3.63) is 23.8 Å². The van der Waals surface area contributed by atoms with Crippen LogP contribution in [0, 0.1) is 5.92 Å². The van der Waals surface area contributed by atoms with Gasteiger partial charge in [0, 0.05) is 18.2 Å². The summed E-state index contributed by atoms with van der Waals surface area (Å²) in [6.07, 6.45) is 5.66. The fourth-order valence-electron chi connectivity index (χ4n) is 4.55. The monoisotopic (exact) mass is 389 g/mol. The molecule has 0 radical (unpaired) electrons. The molecular weight excluding hydrogens is 354 g/mol. The Hall–Kier alpha value is -1.79. The molecule has 3 rings (SSSR count). The minimum absolute atomic E-state index is 0.0986. The Morgan fingerprint density at radius 3 is 2.61 bits per heavy atom. The summed E-state index contributed by atoms with van der Waals surface area (Å²) in [5.74, 6) is 2.61. The largest absolute Gasteiger partial charge is 0.497 e. The van der Waals surface area contributed by atoms with Gasteiger partial charge in [-0.15, -0.1) is 0 Å². The van der Waals surface area contributed by atoms with Crippen LogP contribution in [-0.4, -0.2) is 69.7 Å². The van der Waals surface area contributed by atoms with Crippen LogP contribution in [0.15, 0.2) is 18.2 Å². The third-order valence-electron chi connectivity index (χ3n) is 6.24. The van der Waals surface area contributed by atoms with Crippen molar-refractivity contribution in [3.63, 3.8) is 0 Å². The van der Waals surface area contributed by atoms with Gasteiger partial charge in [-0.25, -0.2) is 0 Å². The second-order valence-corrected chi connectivity index (χ2v) is 7.96. The van der Waals surface area contributed by atoms with Gasteiger partial charge in [0.2, 0.25) is 5.91 Å². The van der Waals surface area contributed by atoms with Crippen molar-refractivity contribution < 1.29 is 14.3 Å². The van der Waals surface area contributed by atoms with E-state index in [2.05, 4.69) is 15.1 Å². The van der Waals surface area contributed by atoms with Crippen LogP contribution in [0.5, 0.6) is 11.5 Å². The van der Waals surface area contributed by atoms with Crippen LogP contribution in [0.1, 0.15) is 43.7 Å². The third-order valence-corrected chi connectivity index (χ3v) is 6.24. The first-order valence-electron chi connectivity index (χ1n) is 10.5. The lowest BCUT2D eigenvalue weighted by molar-refractivity contribution is -0.133. The molecule has 6 nitrogen and oxygen atoms in total. The lowest BCUT2D eigenvalue weighted by Gasteiger charge is -2.34. The Morgan fingerprint density at radius 1 is 1.14 bits per heavy atom. The van der Waals surface area contributed by atoms with Gasteiger partial charge in [0.25, 0.3) is 0 Å². The summed E-state index contributed by atoms with van der Waals surface area (Å²) in [6.45, 7) is 4.52. The first kappa shape index (κ1) is 20.9. The molecular formula is C22H35N3O3. The van der Waals surface area contributed by atoms with Gasteiger partial charge in [0.15, 0.2) is 0 Å². The van der Waals surface area contributed by atoms with Gasteiger partial charge in [-0.1, -0.05) is 0 Å². The maximum atomic E-state index is 13.1. The molecule has 2 aliphatic rings. The third kappa shape index (κ3) is 4.97. The van der Waals surface area contributed by atoms with Crippen molar-refractivity contribution in [2.45, 2.75) is 38.1 Å². The molecule has 1 amide bonds. The summed E-state index contributed by atoms with van der Waals surface area (Å²) in [7, 11) is 5.34. The van der Waals surface area contributed by atoms with E-state index < -0.39 is 0 Å². The van der Waals surface area contributed by atoms with E-state index >= 15 is 0 Å². The van der Waals surface area contributed by atoms with Crippen molar-refractivity contribution in [1.82, 2.24) is 15.1 Å². The maximum absolute atomic E-state index is 13.1. The van der Waals surface area contributed by atoms with Gasteiger partial charge in [-0.2, -0.15) is 0 Å². The maximum Gasteiger partial charge on any atom is 0.237 e. The zero-order valence-corrected chi connectivity index (χ0v) is 17.6. The molecule has 28 heavy (non-hydrogen) atoms.